The SMILES string of the molecule is CC1CCN(C(=O)CSc2nnc(CN3CCCC3)o2)c2ccccc2S1. The quantitative estimate of drug-likeness (QED) is 0.705. The highest BCUT2D eigenvalue weighted by atomic mass is 32.2. The number of thioether (sulfide) groups is 2. The van der Waals surface area contributed by atoms with Crippen LogP contribution in [0, 0.1) is 0 Å². The fourth-order valence-corrected chi connectivity index (χ4v) is 5.21. The number of anilines is 1. The Morgan fingerprint density at radius 2 is 2.07 bits per heavy atom. The van der Waals surface area contributed by atoms with Gasteiger partial charge in [-0.05, 0) is 44.5 Å². The molecule has 4 rings (SSSR count). The zero-order chi connectivity index (χ0) is 18.6. The van der Waals surface area contributed by atoms with Crippen LogP contribution < -0.4 is 4.90 Å². The largest absolute Gasteiger partial charge is 0.415 e. The average Bonchev–Trinajstić information content (AvgIpc) is 3.30. The maximum absolute atomic E-state index is 12.9. The molecule has 2 aliphatic rings. The van der Waals surface area contributed by atoms with Crippen molar-refractivity contribution in [3.8, 4) is 0 Å². The Morgan fingerprint density at radius 1 is 1.26 bits per heavy atom. The van der Waals surface area contributed by atoms with Crippen LogP contribution in [0.15, 0.2) is 38.8 Å². The summed E-state index contributed by atoms with van der Waals surface area (Å²) < 4.78 is 5.72. The molecule has 0 N–H and O–H groups in total. The van der Waals surface area contributed by atoms with Crippen molar-refractivity contribution in [3.63, 3.8) is 0 Å². The summed E-state index contributed by atoms with van der Waals surface area (Å²) in [6.07, 6.45) is 3.45. The zero-order valence-electron chi connectivity index (χ0n) is 15.5. The molecule has 2 aliphatic heterocycles. The smallest absolute Gasteiger partial charge is 0.277 e. The highest BCUT2D eigenvalue weighted by Crippen LogP contribution is 2.37. The minimum absolute atomic E-state index is 0.0847. The van der Waals surface area contributed by atoms with E-state index in [9.17, 15) is 4.79 Å². The van der Waals surface area contributed by atoms with E-state index in [1.807, 2.05) is 34.9 Å². The van der Waals surface area contributed by atoms with Crippen LogP contribution in [-0.2, 0) is 11.3 Å². The van der Waals surface area contributed by atoms with Gasteiger partial charge in [-0.25, -0.2) is 0 Å². The molecule has 3 heterocycles. The summed E-state index contributed by atoms with van der Waals surface area (Å²) in [5.74, 6) is 1.03. The number of amides is 1. The van der Waals surface area contributed by atoms with E-state index >= 15 is 0 Å². The molecule has 1 aromatic heterocycles. The predicted octanol–water partition coefficient (Wildman–Crippen LogP) is 3.68. The van der Waals surface area contributed by atoms with Gasteiger partial charge in [-0.2, -0.15) is 0 Å². The van der Waals surface area contributed by atoms with Gasteiger partial charge in [0.25, 0.3) is 5.22 Å². The summed E-state index contributed by atoms with van der Waals surface area (Å²) in [6.45, 7) is 5.84. The van der Waals surface area contributed by atoms with Crippen LogP contribution in [0.1, 0.15) is 32.1 Å². The molecule has 27 heavy (non-hydrogen) atoms. The second-order valence-corrected chi connectivity index (χ2v) is 9.37. The monoisotopic (exact) mass is 404 g/mol. The van der Waals surface area contributed by atoms with Crippen molar-refractivity contribution in [2.75, 3.05) is 30.3 Å². The normalized spacial score (nSPS) is 20.5. The first-order valence-electron chi connectivity index (χ1n) is 9.42. The highest BCUT2D eigenvalue weighted by Gasteiger charge is 2.24. The molecule has 1 fully saturated rings. The summed E-state index contributed by atoms with van der Waals surface area (Å²) in [6, 6.07) is 8.15. The zero-order valence-corrected chi connectivity index (χ0v) is 17.1. The molecule has 0 bridgehead atoms. The highest BCUT2D eigenvalue weighted by molar-refractivity contribution is 8.00. The minimum atomic E-state index is 0.0847. The van der Waals surface area contributed by atoms with Crippen molar-refractivity contribution < 1.29 is 9.21 Å². The van der Waals surface area contributed by atoms with Gasteiger partial charge < -0.3 is 9.32 Å². The molecule has 0 saturated carbocycles. The number of aromatic nitrogens is 2. The maximum atomic E-state index is 12.9. The lowest BCUT2D eigenvalue weighted by molar-refractivity contribution is -0.116. The van der Waals surface area contributed by atoms with Gasteiger partial charge in [0.1, 0.15) is 0 Å². The Bertz CT molecular complexity index is 792. The van der Waals surface area contributed by atoms with Crippen molar-refractivity contribution in [1.29, 1.82) is 0 Å². The summed E-state index contributed by atoms with van der Waals surface area (Å²) >= 11 is 3.17. The third-order valence-corrected chi connectivity index (χ3v) is 6.91. The molecule has 1 saturated heterocycles. The first-order valence-corrected chi connectivity index (χ1v) is 11.3. The number of fused-ring (bicyclic) bond motifs is 1. The lowest BCUT2D eigenvalue weighted by Gasteiger charge is -2.22. The van der Waals surface area contributed by atoms with Gasteiger partial charge in [0.15, 0.2) is 0 Å². The van der Waals surface area contributed by atoms with E-state index in [0.717, 1.165) is 31.7 Å². The molecule has 2 aromatic rings. The molecule has 0 radical (unpaired) electrons. The standard InChI is InChI=1S/C19H24N4O2S2/c1-14-8-11-23(15-6-2-3-7-16(15)27-14)18(24)13-26-19-21-20-17(25-19)12-22-9-4-5-10-22/h2-3,6-7,14H,4-5,8-13H2,1H3. The number of hydrogen-bond donors (Lipinski definition) is 0. The van der Waals surface area contributed by atoms with Crippen molar-refractivity contribution >= 4 is 35.1 Å². The fourth-order valence-electron chi connectivity index (χ4n) is 3.44. The van der Waals surface area contributed by atoms with Crippen molar-refractivity contribution in [2.45, 2.75) is 48.1 Å². The van der Waals surface area contributed by atoms with Gasteiger partial charge in [-0.15, -0.1) is 22.0 Å². The van der Waals surface area contributed by atoms with Crippen LogP contribution in [-0.4, -0.2) is 51.6 Å². The van der Waals surface area contributed by atoms with Crippen molar-refractivity contribution in [2.24, 2.45) is 0 Å². The van der Waals surface area contributed by atoms with Crippen LogP contribution in [0.2, 0.25) is 0 Å². The maximum Gasteiger partial charge on any atom is 0.277 e. The number of nitrogens with zero attached hydrogens (tertiary/aromatic N) is 4. The van der Waals surface area contributed by atoms with E-state index in [4.69, 9.17) is 4.42 Å². The number of carbonyl (C=O) groups is 1. The van der Waals surface area contributed by atoms with E-state index in [-0.39, 0.29) is 5.91 Å². The predicted molar refractivity (Wildman–Crippen MR) is 108 cm³/mol. The molecule has 0 aliphatic carbocycles. The Kier molecular flexibility index (Phi) is 6.04. The van der Waals surface area contributed by atoms with Gasteiger partial charge in [-0.3, -0.25) is 9.69 Å². The second-order valence-electron chi connectivity index (χ2n) is 6.96. The fraction of sp³-hybridized carbons (Fsp3) is 0.526. The number of benzene rings is 1. The molecule has 1 atom stereocenters. The molecule has 1 aromatic carbocycles. The molecular weight excluding hydrogens is 380 g/mol. The van der Waals surface area contributed by atoms with Crippen LogP contribution in [0.3, 0.4) is 0 Å². The van der Waals surface area contributed by atoms with Gasteiger partial charge >= 0.3 is 0 Å². The second kappa shape index (κ2) is 8.67. The van der Waals surface area contributed by atoms with E-state index in [0.29, 0.717) is 28.7 Å². The number of rotatable bonds is 5. The number of hydrogen-bond acceptors (Lipinski definition) is 7. The summed E-state index contributed by atoms with van der Waals surface area (Å²) in [5, 5.41) is 9.19. The van der Waals surface area contributed by atoms with Crippen LogP contribution in [0.5, 0.6) is 0 Å². The molecule has 0 spiro atoms. The molecular formula is C19H24N4O2S2. The van der Waals surface area contributed by atoms with Crippen LogP contribution >= 0.6 is 23.5 Å². The van der Waals surface area contributed by atoms with Gasteiger partial charge in [0, 0.05) is 16.7 Å². The molecule has 1 unspecified atom stereocenters. The van der Waals surface area contributed by atoms with E-state index in [2.05, 4.69) is 28.1 Å². The summed E-state index contributed by atoms with van der Waals surface area (Å²) in [5.41, 5.74) is 1.01. The van der Waals surface area contributed by atoms with Gasteiger partial charge in [0.05, 0.1) is 18.0 Å². The number of carbonyl (C=O) groups excluding carboxylic acids is 1. The number of likely N-dealkylation sites (tertiary alicyclic amines) is 1. The third-order valence-electron chi connectivity index (χ3n) is 4.87. The van der Waals surface area contributed by atoms with E-state index in [1.54, 1.807) is 0 Å². The molecule has 144 valence electrons. The topological polar surface area (TPSA) is 62.5 Å². The average molecular weight is 405 g/mol. The van der Waals surface area contributed by atoms with E-state index < -0.39 is 0 Å². The molecule has 1 amide bonds. The van der Waals surface area contributed by atoms with Gasteiger partial charge in [-0.1, -0.05) is 30.8 Å². The first-order chi connectivity index (χ1) is 13.2. The van der Waals surface area contributed by atoms with Gasteiger partial charge in [0.2, 0.25) is 11.8 Å². The third kappa shape index (κ3) is 4.67. The molecule has 8 heteroatoms. The van der Waals surface area contributed by atoms with Crippen LogP contribution in [0.4, 0.5) is 5.69 Å². The Morgan fingerprint density at radius 3 is 2.93 bits per heavy atom. The van der Waals surface area contributed by atoms with E-state index in [1.165, 1.54) is 29.5 Å². The van der Waals surface area contributed by atoms with Crippen molar-refractivity contribution in [1.82, 2.24) is 15.1 Å². The van der Waals surface area contributed by atoms with Crippen LogP contribution in [0.25, 0.3) is 0 Å². The number of para-hydroxylation sites is 1. The molecule has 6 nitrogen and oxygen atoms in total. The lowest BCUT2D eigenvalue weighted by atomic mass is 10.2. The Hall–Kier alpha value is -1.51. The summed E-state index contributed by atoms with van der Waals surface area (Å²) in [4.78, 5) is 18.3. The minimum Gasteiger partial charge on any atom is -0.415 e. The first kappa shape index (κ1) is 18.8. The Balaban J connectivity index is 1.37. The lowest BCUT2D eigenvalue weighted by Crippen LogP contribution is -2.33. The summed E-state index contributed by atoms with van der Waals surface area (Å²) in [7, 11) is 0. The van der Waals surface area contributed by atoms with Crippen molar-refractivity contribution in [3.05, 3.63) is 30.2 Å². The Labute approximate surface area is 168 Å².